The third kappa shape index (κ3) is 2.89. The minimum atomic E-state index is 0.181. The van der Waals surface area contributed by atoms with E-state index in [-0.39, 0.29) is 6.04 Å². The maximum absolute atomic E-state index is 6.17. The highest BCUT2D eigenvalue weighted by atomic mass is 35.5. The summed E-state index contributed by atoms with van der Waals surface area (Å²) < 4.78 is 1.88. The molecule has 0 radical (unpaired) electrons. The molecule has 96 valence electrons. The molecule has 1 unspecified atom stereocenters. The molecule has 0 spiro atoms. The average molecular weight is 265 g/mol. The SMILES string of the molecule is CCn1ncnc1CNC(C)c1ccccc1Cl. The molecule has 1 N–H and O–H groups in total. The molecule has 0 bridgehead atoms. The highest BCUT2D eigenvalue weighted by Gasteiger charge is 2.10. The number of nitrogens with one attached hydrogen (secondary N) is 1. The summed E-state index contributed by atoms with van der Waals surface area (Å²) in [6, 6.07) is 8.05. The van der Waals surface area contributed by atoms with Gasteiger partial charge in [-0.2, -0.15) is 5.10 Å². The van der Waals surface area contributed by atoms with E-state index in [1.54, 1.807) is 6.33 Å². The molecule has 0 fully saturated rings. The average Bonchev–Trinajstić information content (AvgIpc) is 2.84. The van der Waals surface area contributed by atoms with E-state index in [1.807, 2.05) is 28.9 Å². The van der Waals surface area contributed by atoms with Crippen LogP contribution in [0.5, 0.6) is 0 Å². The van der Waals surface area contributed by atoms with Crippen molar-refractivity contribution >= 4 is 11.6 Å². The van der Waals surface area contributed by atoms with Gasteiger partial charge in [0, 0.05) is 17.6 Å². The van der Waals surface area contributed by atoms with Gasteiger partial charge in [0.15, 0.2) is 0 Å². The topological polar surface area (TPSA) is 42.7 Å². The number of aryl methyl sites for hydroxylation is 1. The van der Waals surface area contributed by atoms with Crippen molar-refractivity contribution in [2.75, 3.05) is 0 Å². The summed E-state index contributed by atoms with van der Waals surface area (Å²) in [6.07, 6.45) is 1.58. The smallest absolute Gasteiger partial charge is 0.140 e. The van der Waals surface area contributed by atoms with Crippen molar-refractivity contribution in [1.82, 2.24) is 20.1 Å². The maximum Gasteiger partial charge on any atom is 0.140 e. The van der Waals surface area contributed by atoms with E-state index in [0.29, 0.717) is 6.54 Å². The highest BCUT2D eigenvalue weighted by Crippen LogP contribution is 2.22. The van der Waals surface area contributed by atoms with Gasteiger partial charge >= 0.3 is 0 Å². The van der Waals surface area contributed by atoms with Crippen molar-refractivity contribution in [3.8, 4) is 0 Å². The second-order valence-electron chi connectivity index (χ2n) is 4.12. The molecule has 1 aromatic heterocycles. The van der Waals surface area contributed by atoms with Crippen LogP contribution in [0, 0.1) is 0 Å². The van der Waals surface area contributed by atoms with Gasteiger partial charge in [-0.05, 0) is 25.5 Å². The number of benzene rings is 1. The molecule has 4 nitrogen and oxygen atoms in total. The lowest BCUT2D eigenvalue weighted by Crippen LogP contribution is -2.21. The van der Waals surface area contributed by atoms with Crippen molar-refractivity contribution in [3.63, 3.8) is 0 Å². The van der Waals surface area contributed by atoms with E-state index in [4.69, 9.17) is 11.6 Å². The van der Waals surface area contributed by atoms with Crippen LogP contribution < -0.4 is 5.32 Å². The summed E-state index contributed by atoms with van der Waals surface area (Å²) in [5, 5.41) is 8.34. The van der Waals surface area contributed by atoms with E-state index < -0.39 is 0 Å². The Bertz CT molecular complexity index is 509. The van der Waals surface area contributed by atoms with Crippen LogP contribution in [0.1, 0.15) is 31.3 Å². The fraction of sp³-hybridized carbons (Fsp3) is 0.385. The van der Waals surface area contributed by atoms with Crippen LogP contribution in [-0.2, 0) is 13.1 Å². The van der Waals surface area contributed by atoms with Crippen molar-refractivity contribution in [2.45, 2.75) is 33.0 Å². The molecule has 0 saturated carbocycles. The van der Waals surface area contributed by atoms with E-state index >= 15 is 0 Å². The number of hydrogen-bond acceptors (Lipinski definition) is 3. The van der Waals surface area contributed by atoms with Crippen molar-refractivity contribution in [1.29, 1.82) is 0 Å². The van der Waals surface area contributed by atoms with Crippen LogP contribution in [0.3, 0.4) is 0 Å². The normalized spacial score (nSPS) is 12.6. The van der Waals surface area contributed by atoms with Crippen molar-refractivity contribution < 1.29 is 0 Å². The number of nitrogens with zero attached hydrogens (tertiary/aromatic N) is 3. The summed E-state index contributed by atoms with van der Waals surface area (Å²) in [5.41, 5.74) is 1.10. The van der Waals surface area contributed by atoms with Crippen LogP contribution in [-0.4, -0.2) is 14.8 Å². The summed E-state index contributed by atoms with van der Waals surface area (Å²) in [6.45, 7) is 5.65. The van der Waals surface area contributed by atoms with Crippen LogP contribution in [0.4, 0.5) is 0 Å². The third-order valence-corrected chi connectivity index (χ3v) is 3.28. The Kier molecular flexibility index (Phi) is 4.33. The Morgan fingerprint density at radius 2 is 2.17 bits per heavy atom. The molecule has 2 aromatic rings. The lowest BCUT2D eigenvalue weighted by Gasteiger charge is -2.15. The van der Waals surface area contributed by atoms with Crippen LogP contribution in [0.25, 0.3) is 0 Å². The quantitative estimate of drug-likeness (QED) is 0.903. The van der Waals surface area contributed by atoms with Crippen LogP contribution in [0.15, 0.2) is 30.6 Å². The molecular weight excluding hydrogens is 248 g/mol. The van der Waals surface area contributed by atoms with Crippen molar-refractivity contribution in [3.05, 3.63) is 47.0 Å². The second kappa shape index (κ2) is 5.98. The Hall–Kier alpha value is -1.39. The van der Waals surface area contributed by atoms with Gasteiger partial charge in [-0.25, -0.2) is 9.67 Å². The van der Waals surface area contributed by atoms with Gasteiger partial charge in [0.25, 0.3) is 0 Å². The van der Waals surface area contributed by atoms with E-state index in [1.165, 1.54) is 0 Å². The Labute approximate surface area is 112 Å². The molecule has 1 heterocycles. The first-order valence-corrected chi connectivity index (χ1v) is 6.44. The maximum atomic E-state index is 6.17. The molecule has 18 heavy (non-hydrogen) atoms. The van der Waals surface area contributed by atoms with Crippen LogP contribution >= 0.6 is 11.6 Å². The zero-order valence-corrected chi connectivity index (χ0v) is 11.4. The first-order chi connectivity index (χ1) is 8.72. The first kappa shape index (κ1) is 13.1. The van der Waals surface area contributed by atoms with Gasteiger partial charge in [0.1, 0.15) is 12.2 Å². The van der Waals surface area contributed by atoms with Gasteiger partial charge in [0.05, 0.1) is 6.54 Å². The molecule has 0 aliphatic carbocycles. The Morgan fingerprint density at radius 1 is 1.39 bits per heavy atom. The molecule has 5 heteroatoms. The zero-order chi connectivity index (χ0) is 13.0. The number of halogens is 1. The van der Waals surface area contributed by atoms with Crippen LogP contribution in [0.2, 0.25) is 5.02 Å². The lowest BCUT2D eigenvalue weighted by atomic mass is 10.1. The zero-order valence-electron chi connectivity index (χ0n) is 10.6. The van der Waals surface area contributed by atoms with Gasteiger partial charge in [-0.1, -0.05) is 29.8 Å². The number of hydrogen-bond donors (Lipinski definition) is 1. The van der Waals surface area contributed by atoms with Gasteiger partial charge in [-0.3, -0.25) is 0 Å². The minimum absolute atomic E-state index is 0.181. The Balaban J connectivity index is 2.01. The molecule has 2 rings (SSSR count). The third-order valence-electron chi connectivity index (χ3n) is 2.93. The first-order valence-electron chi connectivity index (χ1n) is 6.07. The summed E-state index contributed by atoms with van der Waals surface area (Å²) >= 11 is 6.17. The molecule has 0 saturated heterocycles. The van der Waals surface area contributed by atoms with Gasteiger partial charge in [-0.15, -0.1) is 0 Å². The fourth-order valence-electron chi connectivity index (χ4n) is 1.87. The molecular formula is C13H17ClN4. The summed E-state index contributed by atoms with van der Waals surface area (Å²) in [7, 11) is 0. The monoisotopic (exact) mass is 264 g/mol. The predicted octanol–water partition coefficient (Wildman–Crippen LogP) is 2.80. The van der Waals surface area contributed by atoms with Gasteiger partial charge < -0.3 is 5.32 Å². The highest BCUT2D eigenvalue weighted by molar-refractivity contribution is 6.31. The van der Waals surface area contributed by atoms with Gasteiger partial charge in [0.2, 0.25) is 0 Å². The molecule has 0 aliphatic rings. The molecule has 1 atom stereocenters. The summed E-state index contributed by atoms with van der Waals surface area (Å²) in [5.74, 6) is 0.941. The molecule has 0 aliphatic heterocycles. The summed E-state index contributed by atoms with van der Waals surface area (Å²) in [4.78, 5) is 4.23. The van der Waals surface area contributed by atoms with E-state index in [0.717, 1.165) is 23.0 Å². The largest absolute Gasteiger partial charge is 0.303 e. The molecule has 1 aromatic carbocycles. The Morgan fingerprint density at radius 3 is 2.89 bits per heavy atom. The number of rotatable bonds is 5. The fourth-order valence-corrected chi connectivity index (χ4v) is 2.17. The standard InChI is InChI=1S/C13H17ClN4/c1-3-18-13(16-9-17-18)8-15-10(2)11-6-4-5-7-12(11)14/h4-7,9-10,15H,3,8H2,1-2H3. The minimum Gasteiger partial charge on any atom is -0.303 e. The van der Waals surface area contributed by atoms with E-state index in [2.05, 4.69) is 29.2 Å². The predicted molar refractivity (Wildman–Crippen MR) is 72.4 cm³/mol. The number of aromatic nitrogens is 3. The van der Waals surface area contributed by atoms with Crippen molar-refractivity contribution in [2.24, 2.45) is 0 Å². The second-order valence-corrected chi connectivity index (χ2v) is 4.52. The van der Waals surface area contributed by atoms with E-state index in [9.17, 15) is 0 Å². The molecule has 0 amide bonds. The lowest BCUT2D eigenvalue weighted by molar-refractivity contribution is 0.524.